The van der Waals surface area contributed by atoms with Gasteiger partial charge in [0.1, 0.15) is 0 Å². The van der Waals surface area contributed by atoms with Crippen LogP contribution in [0.2, 0.25) is 0 Å². The van der Waals surface area contributed by atoms with E-state index >= 15 is 0 Å². The number of nitrogens with zero attached hydrogens (tertiary/aromatic N) is 2. The van der Waals surface area contributed by atoms with Crippen LogP contribution in [0.1, 0.15) is 67.3 Å². The number of nitrogens with one attached hydrogen (secondary N) is 3. The monoisotopic (exact) mass is 507 g/mol. The number of benzene rings is 1. The summed E-state index contributed by atoms with van der Waals surface area (Å²) in [7, 11) is -3.67. The number of piperidine rings is 1. The summed E-state index contributed by atoms with van der Waals surface area (Å²) in [5, 5.41) is 6.16. The number of hydrogen-bond donors (Lipinski definition) is 3. The van der Waals surface area contributed by atoms with Gasteiger partial charge in [-0.15, -0.1) is 0 Å². The molecule has 2 aliphatic heterocycles. The summed E-state index contributed by atoms with van der Waals surface area (Å²) in [6, 6.07) is 7.10. The Morgan fingerprint density at radius 1 is 1.06 bits per heavy atom. The van der Waals surface area contributed by atoms with E-state index in [9.17, 15) is 18.0 Å². The van der Waals surface area contributed by atoms with E-state index in [1.807, 2.05) is 12.1 Å². The molecule has 1 saturated carbocycles. The van der Waals surface area contributed by atoms with Gasteiger partial charge in [-0.05, 0) is 61.9 Å². The largest absolute Gasteiger partial charge is 0.359 e. The van der Waals surface area contributed by atoms with Gasteiger partial charge in [0.05, 0.1) is 6.54 Å². The molecule has 1 aliphatic carbocycles. The van der Waals surface area contributed by atoms with Crippen LogP contribution < -0.4 is 15.4 Å². The Hall–Kier alpha value is -2.24. The molecule has 0 spiro atoms. The third-order valence-electron chi connectivity index (χ3n) is 6.97. The highest BCUT2D eigenvalue weighted by molar-refractivity contribution is 7.89. The quantitative estimate of drug-likeness (QED) is 0.511. The molecule has 2 fully saturated rings. The number of fused-ring (bicyclic) bond motifs is 1. The van der Waals surface area contributed by atoms with Crippen LogP contribution in [0.4, 0.5) is 4.79 Å². The van der Waals surface area contributed by atoms with Crippen LogP contribution in [-0.2, 0) is 16.8 Å². The molecule has 11 heteroatoms. The van der Waals surface area contributed by atoms with Crippen molar-refractivity contribution >= 4 is 39.5 Å². The van der Waals surface area contributed by atoms with Crippen LogP contribution >= 0.6 is 12.2 Å². The summed E-state index contributed by atoms with van der Waals surface area (Å²) in [6.45, 7) is 1.57. The van der Waals surface area contributed by atoms with Crippen molar-refractivity contribution in [1.29, 1.82) is 0 Å². The molecule has 34 heavy (non-hydrogen) atoms. The van der Waals surface area contributed by atoms with E-state index in [2.05, 4.69) is 15.4 Å². The van der Waals surface area contributed by atoms with Crippen LogP contribution in [0.3, 0.4) is 0 Å². The fourth-order valence-electron chi connectivity index (χ4n) is 4.98. The molecule has 2 heterocycles. The molecule has 0 bridgehead atoms. The van der Waals surface area contributed by atoms with Crippen molar-refractivity contribution in [1.82, 2.24) is 24.6 Å². The van der Waals surface area contributed by atoms with E-state index in [-0.39, 0.29) is 23.1 Å². The minimum absolute atomic E-state index is 0.176. The summed E-state index contributed by atoms with van der Waals surface area (Å²) >= 11 is 5.24. The number of thiocarbonyl (C=S) groups is 1. The fraction of sp³-hybridized carbons (Fsp3) is 0.609. The molecule has 1 aromatic carbocycles. The molecule has 3 aliphatic rings. The SMILES string of the molecule is O=C(NCCC1CCN(S(=O)(=O)NC(=S)NC2CCCCC2)CC1)N1Cc2ccccc2C1=O. The first-order chi connectivity index (χ1) is 16.3. The Bertz CT molecular complexity index is 1020. The number of urea groups is 1. The summed E-state index contributed by atoms with van der Waals surface area (Å²) in [6.07, 6.45) is 7.71. The van der Waals surface area contributed by atoms with Crippen molar-refractivity contribution in [3.63, 3.8) is 0 Å². The predicted molar refractivity (Wildman–Crippen MR) is 133 cm³/mol. The summed E-state index contributed by atoms with van der Waals surface area (Å²) < 4.78 is 29.4. The maximum atomic E-state index is 12.7. The molecule has 0 atom stereocenters. The van der Waals surface area contributed by atoms with E-state index < -0.39 is 10.2 Å². The second-order valence-corrected chi connectivity index (χ2v) is 11.4. The molecular formula is C23H33N5O4S2. The normalized spacial score (nSPS) is 20.1. The summed E-state index contributed by atoms with van der Waals surface area (Å²) in [5.74, 6) is 0.0422. The first-order valence-corrected chi connectivity index (χ1v) is 13.9. The minimum Gasteiger partial charge on any atom is -0.359 e. The van der Waals surface area contributed by atoms with Crippen molar-refractivity contribution in [2.45, 2.75) is 64.0 Å². The molecule has 186 valence electrons. The van der Waals surface area contributed by atoms with Crippen LogP contribution in [0.5, 0.6) is 0 Å². The smallest absolute Gasteiger partial charge is 0.324 e. The highest BCUT2D eigenvalue weighted by Crippen LogP contribution is 2.24. The Balaban J connectivity index is 1.16. The number of hydrogen-bond acceptors (Lipinski definition) is 5. The van der Waals surface area contributed by atoms with Crippen molar-refractivity contribution in [3.05, 3.63) is 35.4 Å². The second kappa shape index (κ2) is 11.0. The molecule has 0 unspecified atom stereocenters. The second-order valence-electron chi connectivity index (χ2n) is 9.33. The number of amides is 3. The standard InChI is InChI=1S/C23H33N5O4S2/c29-21-20-9-5-4-6-18(20)16-28(21)23(30)24-13-10-17-11-14-27(15-12-17)34(31,32)26-22(33)25-19-7-2-1-3-8-19/h4-6,9,17,19H,1-3,7-8,10-16H2,(H,24,30)(H2,25,26,33). The van der Waals surface area contributed by atoms with Crippen LogP contribution in [0.25, 0.3) is 0 Å². The van der Waals surface area contributed by atoms with Crippen LogP contribution in [-0.4, -0.2) is 60.3 Å². The molecule has 1 saturated heterocycles. The highest BCUT2D eigenvalue weighted by atomic mass is 32.2. The maximum Gasteiger partial charge on any atom is 0.324 e. The Morgan fingerprint density at radius 3 is 2.47 bits per heavy atom. The third kappa shape index (κ3) is 6.05. The van der Waals surface area contributed by atoms with Crippen LogP contribution in [0.15, 0.2) is 24.3 Å². The van der Waals surface area contributed by atoms with Crippen molar-refractivity contribution < 1.29 is 18.0 Å². The maximum absolute atomic E-state index is 12.7. The van der Waals surface area contributed by atoms with E-state index in [0.29, 0.717) is 50.5 Å². The van der Waals surface area contributed by atoms with E-state index in [0.717, 1.165) is 37.7 Å². The lowest BCUT2D eigenvalue weighted by atomic mass is 9.95. The highest BCUT2D eigenvalue weighted by Gasteiger charge is 2.32. The van der Waals surface area contributed by atoms with Crippen molar-refractivity contribution in [2.24, 2.45) is 5.92 Å². The van der Waals surface area contributed by atoms with E-state index in [4.69, 9.17) is 12.2 Å². The third-order valence-corrected chi connectivity index (χ3v) is 8.83. The van der Waals surface area contributed by atoms with Crippen LogP contribution in [0, 0.1) is 5.92 Å². The molecule has 1 aromatic rings. The van der Waals surface area contributed by atoms with E-state index in [1.165, 1.54) is 15.6 Å². The summed E-state index contributed by atoms with van der Waals surface area (Å²) in [4.78, 5) is 26.1. The Morgan fingerprint density at radius 2 is 1.76 bits per heavy atom. The van der Waals surface area contributed by atoms with E-state index in [1.54, 1.807) is 12.1 Å². The lowest BCUT2D eigenvalue weighted by molar-refractivity contribution is 0.0820. The topological polar surface area (TPSA) is 111 Å². The molecule has 3 amide bonds. The number of carbonyl (C=O) groups is 2. The zero-order chi connectivity index (χ0) is 24.1. The van der Waals surface area contributed by atoms with Gasteiger partial charge in [0.15, 0.2) is 5.11 Å². The minimum atomic E-state index is -3.67. The number of rotatable bonds is 6. The molecule has 0 aromatic heterocycles. The lowest BCUT2D eigenvalue weighted by Crippen LogP contribution is -2.51. The first kappa shape index (κ1) is 24.9. The molecule has 4 rings (SSSR count). The zero-order valence-electron chi connectivity index (χ0n) is 19.3. The summed E-state index contributed by atoms with van der Waals surface area (Å²) in [5.41, 5.74) is 1.44. The molecule has 0 radical (unpaired) electrons. The van der Waals surface area contributed by atoms with Gasteiger partial charge in [-0.3, -0.25) is 9.69 Å². The van der Waals surface area contributed by atoms with Gasteiger partial charge in [-0.2, -0.15) is 12.7 Å². The fourth-order valence-corrected chi connectivity index (χ4v) is 6.58. The van der Waals surface area contributed by atoms with Gasteiger partial charge in [0, 0.05) is 31.2 Å². The predicted octanol–water partition coefficient (Wildman–Crippen LogP) is 2.50. The zero-order valence-corrected chi connectivity index (χ0v) is 20.9. The van der Waals surface area contributed by atoms with Gasteiger partial charge >= 0.3 is 16.2 Å². The van der Waals surface area contributed by atoms with Gasteiger partial charge in [0.25, 0.3) is 5.91 Å². The van der Waals surface area contributed by atoms with Gasteiger partial charge in [-0.1, -0.05) is 37.5 Å². The average molecular weight is 508 g/mol. The van der Waals surface area contributed by atoms with Crippen molar-refractivity contribution in [3.8, 4) is 0 Å². The lowest BCUT2D eigenvalue weighted by Gasteiger charge is -2.32. The average Bonchev–Trinajstić information content (AvgIpc) is 3.16. The number of imide groups is 1. The van der Waals surface area contributed by atoms with Gasteiger partial charge < -0.3 is 10.6 Å². The molecule has 9 nitrogen and oxygen atoms in total. The first-order valence-electron chi connectivity index (χ1n) is 12.1. The Labute approximate surface area is 206 Å². The molecule has 3 N–H and O–H groups in total. The van der Waals surface area contributed by atoms with Crippen molar-refractivity contribution in [2.75, 3.05) is 19.6 Å². The Kier molecular flexibility index (Phi) is 8.05. The van der Waals surface area contributed by atoms with Gasteiger partial charge in [-0.25, -0.2) is 9.52 Å². The number of carbonyl (C=O) groups excluding carboxylic acids is 2. The molecular weight excluding hydrogens is 474 g/mol. The van der Waals surface area contributed by atoms with Gasteiger partial charge in [0.2, 0.25) is 0 Å².